The molecule has 0 spiro atoms. The summed E-state index contributed by atoms with van der Waals surface area (Å²) in [5.74, 6) is 0.224. The van der Waals surface area contributed by atoms with Gasteiger partial charge >= 0.3 is 0 Å². The van der Waals surface area contributed by atoms with Gasteiger partial charge in [0, 0.05) is 22.8 Å². The Hall–Kier alpha value is -1.07. The molecule has 0 aliphatic rings. The Morgan fingerprint density at radius 2 is 1.90 bits per heavy atom. The van der Waals surface area contributed by atoms with E-state index in [4.69, 9.17) is 10.7 Å². The summed E-state index contributed by atoms with van der Waals surface area (Å²) in [5, 5.41) is 2.90. The highest BCUT2D eigenvalue weighted by Gasteiger charge is 2.23. The number of hydrogen-bond acceptors (Lipinski definition) is 3. The van der Waals surface area contributed by atoms with Gasteiger partial charge in [0.15, 0.2) is 0 Å². The predicted octanol–water partition coefficient (Wildman–Crippen LogP) is 3.33. The zero-order valence-electron chi connectivity index (χ0n) is 13.0. The second kappa shape index (κ2) is 6.36. The molecule has 0 unspecified atom stereocenters. The lowest BCUT2D eigenvalue weighted by molar-refractivity contribution is 0.0924. The molecule has 21 heavy (non-hydrogen) atoms. The highest BCUT2D eigenvalue weighted by atomic mass is 35.7. The first kappa shape index (κ1) is 18.0. The van der Waals surface area contributed by atoms with Crippen LogP contribution in [0.3, 0.4) is 0 Å². The Kier molecular flexibility index (Phi) is 5.45. The van der Waals surface area contributed by atoms with Crippen LogP contribution in [0.25, 0.3) is 0 Å². The molecule has 1 N–H and O–H groups in total. The van der Waals surface area contributed by atoms with Crippen LogP contribution in [0, 0.1) is 18.3 Å². The third-order valence-electron chi connectivity index (χ3n) is 3.99. The van der Waals surface area contributed by atoms with E-state index in [2.05, 4.69) is 33.0 Å². The van der Waals surface area contributed by atoms with E-state index in [1.165, 1.54) is 18.2 Å². The molecule has 0 atom stereocenters. The Morgan fingerprint density at radius 3 is 2.33 bits per heavy atom. The molecule has 1 amide bonds. The molecule has 0 aromatic heterocycles. The molecular formula is C15H22ClNO3S. The van der Waals surface area contributed by atoms with Gasteiger partial charge in [-0.15, -0.1) is 0 Å². The number of benzene rings is 1. The van der Waals surface area contributed by atoms with Crippen molar-refractivity contribution in [3.63, 3.8) is 0 Å². The lowest BCUT2D eigenvalue weighted by Crippen LogP contribution is -2.37. The van der Waals surface area contributed by atoms with E-state index >= 15 is 0 Å². The second-order valence-corrected chi connectivity index (χ2v) is 8.81. The van der Waals surface area contributed by atoms with Crippen molar-refractivity contribution in [2.24, 2.45) is 11.3 Å². The van der Waals surface area contributed by atoms with Crippen LogP contribution in [0.4, 0.5) is 0 Å². The normalized spacial score (nSPS) is 12.5. The van der Waals surface area contributed by atoms with Gasteiger partial charge in [0.05, 0.1) is 4.90 Å². The van der Waals surface area contributed by atoms with Crippen LogP contribution in [-0.2, 0) is 9.05 Å². The zero-order chi connectivity index (χ0) is 16.4. The molecule has 0 saturated carbocycles. The van der Waals surface area contributed by atoms with Crippen molar-refractivity contribution in [3.8, 4) is 0 Å². The summed E-state index contributed by atoms with van der Waals surface area (Å²) in [6.07, 6.45) is 0. The average Bonchev–Trinajstić information content (AvgIpc) is 2.34. The molecule has 0 bridgehead atoms. The van der Waals surface area contributed by atoms with Crippen LogP contribution in [0.2, 0.25) is 0 Å². The van der Waals surface area contributed by atoms with E-state index in [0.29, 0.717) is 23.6 Å². The van der Waals surface area contributed by atoms with Gasteiger partial charge in [-0.25, -0.2) is 8.42 Å². The van der Waals surface area contributed by atoms with Crippen LogP contribution in [0.15, 0.2) is 23.1 Å². The van der Waals surface area contributed by atoms with Crippen LogP contribution < -0.4 is 5.32 Å². The van der Waals surface area contributed by atoms with Gasteiger partial charge in [-0.1, -0.05) is 27.7 Å². The number of hydrogen-bond donors (Lipinski definition) is 1. The van der Waals surface area contributed by atoms with Crippen LogP contribution in [-0.4, -0.2) is 20.9 Å². The van der Waals surface area contributed by atoms with Gasteiger partial charge in [0.2, 0.25) is 0 Å². The first-order chi connectivity index (χ1) is 9.45. The molecule has 1 aromatic rings. The van der Waals surface area contributed by atoms with Crippen molar-refractivity contribution < 1.29 is 13.2 Å². The minimum Gasteiger partial charge on any atom is -0.351 e. The van der Waals surface area contributed by atoms with E-state index < -0.39 is 9.05 Å². The van der Waals surface area contributed by atoms with E-state index in [-0.39, 0.29) is 16.2 Å². The van der Waals surface area contributed by atoms with Gasteiger partial charge in [0.1, 0.15) is 0 Å². The minimum absolute atomic E-state index is 0.000673. The summed E-state index contributed by atoms with van der Waals surface area (Å²) in [5.41, 5.74) is 1.03. The summed E-state index contributed by atoms with van der Waals surface area (Å²) in [7, 11) is 1.52. The number of amides is 1. The number of halogens is 1. The maximum Gasteiger partial charge on any atom is 0.261 e. The number of carbonyl (C=O) groups is 1. The van der Waals surface area contributed by atoms with E-state index in [9.17, 15) is 13.2 Å². The summed E-state index contributed by atoms with van der Waals surface area (Å²) < 4.78 is 22.5. The quantitative estimate of drug-likeness (QED) is 0.842. The van der Waals surface area contributed by atoms with Crippen molar-refractivity contribution in [1.29, 1.82) is 0 Å². The van der Waals surface area contributed by atoms with E-state index in [1.807, 2.05) is 0 Å². The summed E-state index contributed by atoms with van der Waals surface area (Å²) >= 11 is 0. The minimum atomic E-state index is -3.77. The zero-order valence-corrected chi connectivity index (χ0v) is 14.6. The monoisotopic (exact) mass is 331 g/mol. The summed E-state index contributed by atoms with van der Waals surface area (Å²) in [6, 6.07) is 4.24. The largest absolute Gasteiger partial charge is 0.351 e. The molecule has 1 rings (SSSR count). The third-order valence-corrected chi connectivity index (χ3v) is 5.34. The Morgan fingerprint density at radius 1 is 1.33 bits per heavy atom. The van der Waals surface area contributed by atoms with Crippen molar-refractivity contribution in [2.45, 2.75) is 39.5 Å². The molecule has 0 fully saturated rings. The Balaban J connectivity index is 2.90. The predicted molar refractivity (Wildman–Crippen MR) is 85.2 cm³/mol. The molecule has 4 nitrogen and oxygen atoms in total. The maximum absolute atomic E-state index is 12.2. The lowest BCUT2D eigenvalue weighted by Gasteiger charge is -2.29. The van der Waals surface area contributed by atoms with Crippen molar-refractivity contribution in [1.82, 2.24) is 5.32 Å². The second-order valence-electron chi connectivity index (χ2n) is 6.24. The number of rotatable bonds is 5. The number of carbonyl (C=O) groups excluding carboxylic acids is 1. The van der Waals surface area contributed by atoms with Gasteiger partial charge < -0.3 is 5.32 Å². The number of aryl methyl sites for hydroxylation is 1. The highest BCUT2D eigenvalue weighted by Crippen LogP contribution is 2.25. The highest BCUT2D eigenvalue weighted by molar-refractivity contribution is 8.13. The van der Waals surface area contributed by atoms with Crippen molar-refractivity contribution in [2.75, 3.05) is 6.54 Å². The van der Waals surface area contributed by atoms with Gasteiger partial charge in [-0.3, -0.25) is 4.79 Å². The molecule has 1 aromatic carbocycles. The van der Waals surface area contributed by atoms with E-state index in [1.54, 1.807) is 6.92 Å². The lowest BCUT2D eigenvalue weighted by atomic mass is 9.81. The van der Waals surface area contributed by atoms with Crippen LogP contribution >= 0.6 is 10.7 Å². The average molecular weight is 332 g/mol. The first-order valence-corrected chi connectivity index (χ1v) is 9.09. The molecule has 0 aliphatic carbocycles. The summed E-state index contributed by atoms with van der Waals surface area (Å²) in [4.78, 5) is 12.2. The molecule has 0 heterocycles. The molecular weight excluding hydrogens is 310 g/mol. The van der Waals surface area contributed by atoms with Crippen LogP contribution in [0.5, 0.6) is 0 Å². The van der Waals surface area contributed by atoms with Crippen LogP contribution in [0.1, 0.15) is 43.6 Å². The number of nitrogens with one attached hydrogen (secondary N) is 1. The molecule has 0 saturated heterocycles. The fourth-order valence-corrected chi connectivity index (χ4v) is 2.49. The standard InChI is InChI=1S/C15H22ClNO3S/c1-10(2)15(4,5)9-17-14(18)13-7-6-12(8-11(13)3)21(16,19)20/h6-8,10H,9H2,1-5H3,(H,17,18). The van der Waals surface area contributed by atoms with Gasteiger partial charge in [-0.05, 0) is 42.0 Å². The van der Waals surface area contributed by atoms with Crippen molar-refractivity contribution in [3.05, 3.63) is 29.3 Å². The molecule has 0 radical (unpaired) electrons. The Bertz CT molecular complexity index is 636. The fraction of sp³-hybridized carbons (Fsp3) is 0.533. The molecule has 0 aliphatic heterocycles. The smallest absolute Gasteiger partial charge is 0.261 e. The topological polar surface area (TPSA) is 63.2 Å². The maximum atomic E-state index is 12.2. The first-order valence-electron chi connectivity index (χ1n) is 6.78. The molecule has 118 valence electrons. The SMILES string of the molecule is Cc1cc(S(=O)(=O)Cl)ccc1C(=O)NCC(C)(C)C(C)C. The van der Waals surface area contributed by atoms with E-state index in [0.717, 1.165) is 0 Å². The summed E-state index contributed by atoms with van der Waals surface area (Å²) in [6.45, 7) is 10.6. The Labute approximate surface area is 131 Å². The van der Waals surface area contributed by atoms with Gasteiger partial charge in [0.25, 0.3) is 15.0 Å². The van der Waals surface area contributed by atoms with Gasteiger partial charge in [-0.2, -0.15) is 0 Å². The fourth-order valence-electron chi connectivity index (χ4n) is 1.65. The molecule has 6 heteroatoms. The van der Waals surface area contributed by atoms with Crippen molar-refractivity contribution >= 4 is 25.6 Å². The third kappa shape index (κ3) is 4.71.